The lowest BCUT2D eigenvalue weighted by atomic mass is 9.55. The molecule has 0 unspecified atom stereocenters. The maximum Gasteiger partial charge on any atom is 0.311 e. The van der Waals surface area contributed by atoms with Crippen LogP contribution in [0.1, 0.15) is 59.3 Å². The molecule has 4 aliphatic carbocycles. The van der Waals surface area contributed by atoms with Gasteiger partial charge in [0, 0.05) is 0 Å². The SMILES string of the molecule is CCC(C)(C)C(=O)OCCOCOC1C2CC3CC(C2)CC1C3. The van der Waals surface area contributed by atoms with Crippen LogP contribution in [0, 0.1) is 29.1 Å². The summed E-state index contributed by atoms with van der Waals surface area (Å²) in [5, 5.41) is 0. The largest absolute Gasteiger partial charge is 0.463 e. The summed E-state index contributed by atoms with van der Waals surface area (Å²) < 4.78 is 16.9. The van der Waals surface area contributed by atoms with Crippen LogP contribution in [0.2, 0.25) is 0 Å². The molecule has 0 aromatic carbocycles. The molecule has 23 heavy (non-hydrogen) atoms. The zero-order chi connectivity index (χ0) is 16.4. The first-order chi connectivity index (χ1) is 11.0. The first-order valence-corrected chi connectivity index (χ1v) is 9.36. The second kappa shape index (κ2) is 7.10. The van der Waals surface area contributed by atoms with Gasteiger partial charge in [0.15, 0.2) is 0 Å². The monoisotopic (exact) mass is 324 g/mol. The molecule has 0 N–H and O–H groups in total. The molecule has 132 valence electrons. The summed E-state index contributed by atoms with van der Waals surface area (Å²) in [5.74, 6) is 3.32. The lowest BCUT2D eigenvalue weighted by Crippen LogP contribution is -2.49. The van der Waals surface area contributed by atoms with E-state index in [1.54, 1.807) is 0 Å². The van der Waals surface area contributed by atoms with Crippen LogP contribution < -0.4 is 0 Å². The fourth-order valence-corrected chi connectivity index (χ4v) is 4.87. The van der Waals surface area contributed by atoms with Crippen molar-refractivity contribution < 1.29 is 19.0 Å². The van der Waals surface area contributed by atoms with Gasteiger partial charge in [-0.05, 0) is 76.0 Å². The van der Waals surface area contributed by atoms with Gasteiger partial charge in [-0.15, -0.1) is 0 Å². The Morgan fingerprint density at radius 2 is 1.61 bits per heavy atom. The van der Waals surface area contributed by atoms with Gasteiger partial charge in [0.1, 0.15) is 13.4 Å². The van der Waals surface area contributed by atoms with E-state index in [0.717, 1.165) is 30.1 Å². The molecule has 0 saturated heterocycles. The Morgan fingerprint density at radius 1 is 1.00 bits per heavy atom. The number of rotatable bonds is 8. The lowest BCUT2D eigenvalue weighted by Gasteiger charge is -2.53. The number of hydrogen-bond acceptors (Lipinski definition) is 4. The van der Waals surface area contributed by atoms with Gasteiger partial charge in [-0.3, -0.25) is 4.79 Å². The van der Waals surface area contributed by atoms with Gasteiger partial charge in [0.25, 0.3) is 0 Å². The molecule has 0 radical (unpaired) electrons. The molecule has 4 saturated carbocycles. The average molecular weight is 324 g/mol. The Labute approximate surface area is 140 Å². The number of carbonyl (C=O) groups excluding carboxylic acids is 1. The molecular formula is C19H32O4. The first kappa shape index (κ1) is 17.2. The molecule has 4 fully saturated rings. The molecular weight excluding hydrogens is 292 g/mol. The summed E-state index contributed by atoms with van der Waals surface area (Å²) in [6, 6.07) is 0. The lowest BCUT2D eigenvalue weighted by molar-refractivity contribution is -0.180. The zero-order valence-corrected chi connectivity index (χ0v) is 14.9. The molecule has 0 atom stereocenters. The van der Waals surface area contributed by atoms with Crippen molar-refractivity contribution in [1.29, 1.82) is 0 Å². The van der Waals surface area contributed by atoms with E-state index in [-0.39, 0.29) is 5.97 Å². The molecule has 4 rings (SSSR count). The van der Waals surface area contributed by atoms with Crippen molar-refractivity contribution in [3.05, 3.63) is 0 Å². The molecule has 0 aromatic rings. The van der Waals surface area contributed by atoms with Crippen LogP contribution in [0.15, 0.2) is 0 Å². The predicted octanol–water partition coefficient (Wildman–Crippen LogP) is 3.78. The summed E-state index contributed by atoms with van der Waals surface area (Å²) in [7, 11) is 0. The normalized spacial score (nSPS) is 35.5. The van der Waals surface area contributed by atoms with Gasteiger partial charge in [-0.1, -0.05) is 6.92 Å². The number of ether oxygens (including phenoxy) is 3. The van der Waals surface area contributed by atoms with E-state index >= 15 is 0 Å². The third kappa shape index (κ3) is 3.90. The van der Waals surface area contributed by atoms with Gasteiger partial charge in [0.05, 0.1) is 18.1 Å². The minimum Gasteiger partial charge on any atom is -0.463 e. The quantitative estimate of drug-likeness (QED) is 0.387. The van der Waals surface area contributed by atoms with Gasteiger partial charge < -0.3 is 14.2 Å². The van der Waals surface area contributed by atoms with Crippen molar-refractivity contribution in [1.82, 2.24) is 0 Å². The molecule has 0 heterocycles. The minimum atomic E-state index is -0.406. The molecule has 4 heteroatoms. The van der Waals surface area contributed by atoms with Gasteiger partial charge >= 0.3 is 5.97 Å². The van der Waals surface area contributed by atoms with Crippen LogP contribution in [0.4, 0.5) is 0 Å². The van der Waals surface area contributed by atoms with Crippen LogP contribution in [0.3, 0.4) is 0 Å². The Morgan fingerprint density at radius 3 is 2.17 bits per heavy atom. The van der Waals surface area contributed by atoms with Gasteiger partial charge in [-0.2, -0.15) is 0 Å². The summed E-state index contributed by atoms with van der Waals surface area (Å²) >= 11 is 0. The van der Waals surface area contributed by atoms with Crippen molar-refractivity contribution in [3.8, 4) is 0 Å². The molecule has 4 aliphatic rings. The van der Waals surface area contributed by atoms with E-state index < -0.39 is 5.41 Å². The van der Waals surface area contributed by atoms with Crippen LogP contribution in [-0.2, 0) is 19.0 Å². The smallest absolute Gasteiger partial charge is 0.311 e. The van der Waals surface area contributed by atoms with Crippen molar-refractivity contribution in [2.24, 2.45) is 29.1 Å². The first-order valence-electron chi connectivity index (χ1n) is 9.36. The van der Waals surface area contributed by atoms with E-state index in [1.807, 2.05) is 20.8 Å². The Kier molecular flexibility index (Phi) is 5.32. The second-order valence-electron chi connectivity index (χ2n) is 8.46. The fraction of sp³-hybridized carbons (Fsp3) is 0.947. The molecule has 0 aliphatic heterocycles. The van der Waals surface area contributed by atoms with E-state index in [4.69, 9.17) is 14.2 Å². The second-order valence-corrected chi connectivity index (χ2v) is 8.46. The van der Waals surface area contributed by atoms with E-state index in [1.165, 1.54) is 32.1 Å². The van der Waals surface area contributed by atoms with Crippen LogP contribution >= 0.6 is 0 Å². The third-order valence-corrected chi connectivity index (χ3v) is 6.38. The summed E-state index contributed by atoms with van der Waals surface area (Å²) in [6.07, 6.45) is 8.10. The van der Waals surface area contributed by atoms with Crippen LogP contribution in [-0.4, -0.2) is 32.1 Å². The topological polar surface area (TPSA) is 44.8 Å². The Bertz CT molecular complexity index is 390. The highest BCUT2D eigenvalue weighted by atomic mass is 16.7. The Hall–Kier alpha value is -0.610. The van der Waals surface area contributed by atoms with Crippen molar-refractivity contribution in [2.75, 3.05) is 20.0 Å². The number of esters is 1. The molecule has 4 bridgehead atoms. The highest BCUT2D eigenvalue weighted by Crippen LogP contribution is 2.54. The van der Waals surface area contributed by atoms with E-state index in [2.05, 4.69) is 0 Å². The number of hydrogen-bond donors (Lipinski definition) is 0. The van der Waals surface area contributed by atoms with Crippen molar-refractivity contribution >= 4 is 5.97 Å². The molecule has 0 spiro atoms. The zero-order valence-electron chi connectivity index (χ0n) is 14.9. The summed E-state index contributed by atoms with van der Waals surface area (Å²) in [6.45, 7) is 6.88. The Balaban J connectivity index is 1.30. The third-order valence-electron chi connectivity index (χ3n) is 6.38. The van der Waals surface area contributed by atoms with Crippen LogP contribution in [0.5, 0.6) is 0 Å². The molecule has 0 amide bonds. The molecule has 0 aromatic heterocycles. The molecule has 4 nitrogen and oxygen atoms in total. The van der Waals surface area contributed by atoms with Gasteiger partial charge in [-0.25, -0.2) is 0 Å². The van der Waals surface area contributed by atoms with Gasteiger partial charge in [0.2, 0.25) is 0 Å². The fourth-order valence-electron chi connectivity index (χ4n) is 4.87. The minimum absolute atomic E-state index is 0.148. The maximum atomic E-state index is 11.8. The van der Waals surface area contributed by atoms with Crippen molar-refractivity contribution in [2.45, 2.75) is 65.4 Å². The van der Waals surface area contributed by atoms with Crippen molar-refractivity contribution in [3.63, 3.8) is 0 Å². The van der Waals surface area contributed by atoms with Crippen LogP contribution in [0.25, 0.3) is 0 Å². The highest BCUT2D eigenvalue weighted by Gasteiger charge is 2.48. The predicted molar refractivity (Wildman–Crippen MR) is 87.8 cm³/mol. The maximum absolute atomic E-state index is 11.8. The number of carbonyl (C=O) groups is 1. The van der Waals surface area contributed by atoms with E-state index in [0.29, 0.717) is 26.1 Å². The summed E-state index contributed by atoms with van der Waals surface area (Å²) in [5.41, 5.74) is -0.406. The van der Waals surface area contributed by atoms with E-state index in [9.17, 15) is 4.79 Å². The standard InChI is InChI=1S/C19H32O4/c1-4-19(2,3)18(20)22-6-5-21-12-23-17-15-8-13-7-14(10-15)11-16(17)9-13/h13-17H,4-12H2,1-3H3. The summed E-state index contributed by atoms with van der Waals surface area (Å²) in [4.78, 5) is 11.8. The average Bonchev–Trinajstić information content (AvgIpc) is 2.51. The highest BCUT2D eigenvalue weighted by molar-refractivity contribution is 5.75.